The zero-order valence-corrected chi connectivity index (χ0v) is 12.7. The third kappa shape index (κ3) is 3.28. The molecular formula is C13H18ClNO3S. The summed E-state index contributed by atoms with van der Waals surface area (Å²) in [5.41, 5.74) is 0.0646. The number of amides is 1. The molecule has 0 saturated carbocycles. The number of aliphatic hydroxyl groups is 1. The Labute approximate surface area is 121 Å². The van der Waals surface area contributed by atoms with Crippen molar-refractivity contribution in [3.63, 3.8) is 0 Å². The number of halogens is 1. The maximum atomic E-state index is 12.3. The van der Waals surface area contributed by atoms with E-state index in [1.54, 1.807) is 11.9 Å². The molecule has 1 aliphatic heterocycles. The Kier molecular flexibility index (Phi) is 4.50. The van der Waals surface area contributed by atoms with Crippen LogP contribution >= 0.6 is 22.9 Å². The predicted molar refractivity (Wildman–Crippen MR) is 76.0 cm³/mol. The smallest absolute Gasteiger partial charge is 0.265 e. The first-order chi connectivity index (χ1) is 8.93. The first-order valence-corrected chi connectivity index (χ1v) is 7.48. The quantitative estimate of drug-likeness (QED) is 0.932. The van der Waals surface area contributed by atoms with Crippen LogP contribution in [0.4, 0.5) is 0 Å². The lowest BCUT2D eigenvalue weighted by Crippen LogP contribution is -2.47. The van der Waals surface area contributed by atoms with Gasteiger partial charge in [0.15, 0.2) is 0 Å². The van der Waals surface area contributed by atoms with Crippen LogP contribution in [0.1, 0.15) is 28.1 Å². The summed E-state index contributed by atoms with van der Waals surface area (Å²) < 4.78 is 5.23. The molecule has 0 bridgehead atoms. The maximum absolute atomic E-state index is 12.3. The molecule has 2 heterocycles. The number of carbonyl (C=O) groups is 1. The van der Waals surface area contributed by atoms with Crippen LogP contribution in [0.2, 0.25) is 5.02 Å². The molecule has 0 radical (unpaired) electrons. The van der Waals surface area contributed by atoms with Crippen molar-refractivity contribution in [3.05, 3.63) is 20.8 Å². The number of ether oxygens (including phenoxy) is 1. The molecule has 0 spiro atoms. The van der Waals surface area contributed by atoms with Gasteiger partial charge in [-0.1, -0.05) is 11.6 Å². The molecule has 0 aromatic carbocycles. The minimum absolute atomic E-state index is 0.136. The molecule has 1 saturated heterocycles. The lowest BCUT2D eigenvalue weighted by molar-refractivity contribution is -0.0733. The van der Waals surface area contributed by atoms with Crippen LogP contribution in [0.3, 0.4) is 0 Å². The van der Waals surface area contributed by atoms with Crippen molar-refractivity contribution >= 4 is 28.8 Å². The van der Waals surface area contributed by atoms with E-state index in [0.29, 0.717) is 42.5 Å². The molecule has 0 atom stereocenters. The van der Waals surface area contributed by atoms with Gasteiger partial charge in [-0.2, -0.15) is 0 Å². The van der Waals surface area contributed by atoms with Crippen LogP contribution in [0.15, 0.2) is 5.38 Å². The molecule has 0 unspecified atom stereocenters. The van der Waals surface area contributed by atoms with Gasteiger partial charge in [0.2, 0.25) is 0 Å². The van der Waals surface area contributed by atoms with Gasteiger partial charge in [-0.15, -0.1) is 11.3 Å². The second-order valence-corrected chi connectivity index (χ2v) is 6.32. The molecular weight excluding hydrogens is 286 g/mol. The van der Waals surface area contributed by atoms with Crippen molar-refractivity contribution in [2.75, 3.05) is 26.8 Å². The fourth-order valence-corrected chi connectivity index (χ4v) is 3.44. The second-order valence-electron chi connectivity index (χ2n) is 5.06. The van der Waals surface area contributed by atoms with Crippen LogP contribution in [0, 0.1) is 6.92 Å². The van der Waals surface area contributed by atoms with Gasteiger partial charge >= 0.3 is 0 Å². The molecule has 4 nitrogen and oxygen atoms in total. The fourth-order valence-electron chi connectivity index (χ4n) is 2.17. The standard InChI is InChI=1S/C13H18ClNO3S/c1-9-7-19-11(10(9)14)12(16)15(2)8-13(17)3-5-18-6-4-13/h7,17H,3-6,8H2,1-2H3. The van der Waals surface area contributed by atoms with E-state index in [9.17, 15) is 9.90 Å². The molecule has 6 heteroatoms. The Balaban J connectivity index is 2.05. The zero-order chi connectivity index (χ0) is 14.0. The highest BCUT2D eigenvalue weighted by molar-refractivity contribution is 7.13. The lowest BCUT2D eigenvalue weighted by Gasteiger charge is -2.35. The van der Waals surface area contributed by atoms with Gasteiger partial charge in [-0.3, -0.25) is 4.79 Å². The van der Waals surface area contributed by atoms with Gasteiger partial charge in [0, 0.05) is 39.6 Å². The number of rotatable bonds is 3. The highest BCUT2D eigenvalue weighted by atomic mass is 35.5. The Bertz CT molecular complexity index is 468. The summed E-state index contributed by atoms with van der Waals surface area (Å²) in [6.07, 6.45) is 1.11. The first-order valence-electron chi connectivity index (χ1n) is 6.22. The van der Waals surface area contributed by atoms with Crippen molar-refractivity contribution < 1.29 is 14.6 Å². The van der Waals surface area contributed by atoms with Crippen LogP contribution in [0.5, 0.6) is 0 Å². The summed E-state index contributed by atoms with van der Waals surface area (Å²) in [7, 11) is 1.70. The SMILES string of the molecule is Cc1csc(C(=O)N(C)CC2(O)CCOCC2)c1Cl. The third-order valence-electron chi connectivity index (χ3n) is 3.40. The van der Waals surface area contributed by atoms with Gasteiger partial charge < -0.3 is 14.7 Å². The van der Waals surface area contributed by atoms with Crippen molar-refractivity contribution in [3.8, 4) is 0 Å². The van der Waals surface area contributed by atoms with Gasteiger partial charge in [0.25, 0.3) is 5.91 Å². The molecule has 2 rings (SSSR count). The van der Waals surface area contributed by atoms with E-state index < -0.39 is 5.60 Å². The molecule has 1 aromatic rings. The highest BCUT2D eigenvalue weighted by Crippen LogP contribution is 2.29. The average Bonchev–Trinajstić information content (AvgIpc) is 2.69. The van der Waals surface area contributed by atoms with Crippen molar-refractivity contribution in [1.29, 1.82) is 0 Å². The highest BCUT2D eigenvalue weighted by Gasteiger charge is 2.33. The molecule has 1 amide bonds. The minimum atomic E-state index is -0.846. The lowest BCUT2D eigenvalue weighted by atomic mass is 9.94. The van der Waals surface area contributed by atoms with Crippen molar-refractivity contribution in [2.24, 2.45) is 0 Å². The summed E-state index contributed by atoms with van der Waals surface area (Å²) in [5, 5.41) is 12.8. The van der Waals surface area contributed by atoms with Crippen LogP contribution < -0.4 is 0 Å². The number of hydrogen-bond donors (Lipinski definition) is 1. The normalized spacial score (nSPS) is 18.3. The molecule has 1 fully saturated rings. The maximum Gasteiger partial charge on any atom is 0.265 e. The molecule has 19 heavy (non-hydrogen) atoms. The molecule has 0 aliphatic carbocycles. The number of likely N-dealkylation sites (N-methyl/N-ethyl adjacent to an activating group) is 1. The first kappa shape index (κ1) is 14.8. The third-order valence-corrected chi connectivity index (χ3v) is 5.08. The van der Waals surface area contributed by atoms with Gasteiger partial charge in [0.1, 0.15) is 4.88 Å². The summed E-state index contributed by atoms with van der Waals surface area (Å²) in [5.74, 6) is -0.136. The number of aryl methyl sites for hydroxylation is 1. The Morgan fingerprint density at radius 1 is 1.58 bits per heavy atom. The molecule has 106 valence electrons. The van der Waals surface area contributed by atoms with E-state index in [0.717, 1.165) is 5.56 Å². The van der Waals surface area contributed by atoms with Gasteiger partial charge in [0.05, 0.1) is 10.6 Å². The van der Waals surface area contributed by atoms with E-state index in [2.05, 4.69) is 0 Å². The summed E-state index contributed by atoms with van der Waals surface area (Å²) >= 11 is 7.45. The van der Waals surface area contributed by atoms with Gasteiger partial charge in [-0.25, -0.2) is 0 Å². The van der Waals surface area contributed by atoms with Crippen molar-refractivity contribution in [1.82, 2.24) is 4.90 Å². The number of hydrogen-bond acceptors (Lipinski definition) is 4. The Morgan fingerprint density at radius 3 is 2.74 bits per heavy atom. The van der Waals surface area contributed by atoms with Crippen LogP contribution in [-0.4, -0.2) is 48.3 Å². The summed E-state index contributed by atoms with van der Waals surface area (Å²) in [6, 6.07) is 0. The number of nitrogens with zero attached hydrogens (tertiary/aromatic N) is 1. The van der Waals surface area contributed by atoms with E-state index in [1.807, 2.05) is 12.3 Å². The summed E-state index contributed by atoms with van der Waals surface area (Å²) in [6.45, 7) is 3.26. The number of carbonyl (C=O) groups excluding carboxylic acids is 1. The fraction of sp³-hybridized carbons (Fsp3) is 0.615. The van der Waals surface area contributed by atoms with E-state index in [4.69, 9.17) is 16.3 Å². The Morgan fingerprint density at radius 2 is 2.21 bits per heavy atom. The molecule has 1 aliphatic rings. The Hall–Kier alpha value is -0.620. The van der Waals surface area contributed by atoms with Crippen LogP contribution in [-0.2, 0) is 4.74 Å². The molecule has 1 N–H and O–H groups in total. The monoisotopic (exact) mass is 303 g/mol. The van der Waals surface area contributed by atoms with E-state index >= 15 is 0 Å². The average molecular weight is 304 g/mol. The van der Waals surface area contributed by atoms with E-state index in [1.165, 1.54) is 11.3 Å². The topological polar surface area (TPSA) is 49.8 Å². The van der Waals surface area contributed by atoms with Crippen LogP contribution in [0.25, 0.3) is 0 Å². The largest absolute Gasteiger partial charge is 0.388 e. The number of thiophene rings is 1. The zero-order valence-electron chi connectivity index (χ0n) is 11.1. The summed E-state index contributed by atoms with van der Waals surface area (Å²) in [4.78, 5) is 14.4. The van der Waals surface area contributed by atoms with E-state index in [-0.39, 0.29) is 5.91 Å². The minimum Gasteiger partial charge on any atom is -0.388 e. The molecule has 1 aromatic heterocycles. The van der Waals surface area contributed by atoms with Crippen molar-refractivity contribution in [2.45, 2.75) is 25.4 Å². The van der Waals surface area contributed by atoms with Gasteiger partial charge in [-0.05, 0) is 17.9 Å². The second kappa shape index (κ2) is 5.79. The predicted octanol–water partition coefficient (Wildman–Crippen LogP) is 2.32.